The predicted octanol–water partition coefficient (Wildman–Crippen LogP) is 0.284. The Morgan fingerprint density at radius 2 is 2.08 bits per heavy atom. The minimum atomic E-state index is -0.758. The SMILES string of the molecule is CC(=O)OCC(O)[C@@H](N)CC(C)C. The van der Waals surface area contributed by atoms with E-state index in [9.17, 15) is 9.90 Å². The maximum Gasteiger partial charge on any atom is 0.302 e. The van der Waals surface area contributed by atoms with Crippen molar-refractivity contribution >= 4 is 5.97 Å². The molecule has 0 bridgehead atoms. The summed E-state index contributed by atoms with van der Waals surface area (Å²) in [6.07, 6.45) is -0.0334. The van der Waals surface area contributed by atoms with Crippen LogP contribution < -0.4 is 5.73 Å². The first-order valence-corrected chi connectivity index (χ1v) is 4.50. The van der Waals surface area contributed by atoms with Crippen LogP contribution in [0, 0.1) is 5.92 Å². The van der Waals surface area contributed by atoms with E-state index >= 15 is 0 Å². The molecule has 0 aromatic rings. The second-order valence-electron chi connectivity index (χ2n) is 3.66. The number of rotatable bonds is 5. The van der Waals surface area contributed by atoms with Gasteiger partial charge in [0.2, 0.25) is 0 Å². The second kappa shape index (κ2) is 5.94. The van der Waals surface area contributed by atoms with E-state index in [0.29, 0.717) is 5.92 Å². The largest absolute Gasteiger partial charge is 0.463 e. The van der Waals surface area contributed by atoms with Gasteiger partial charge in [-0.2, -0.15) is 0 Å². The highest BCUT2D eigenvalue weighted by Crippen LogP contribution is 2.06. The van der Waals surface area contributed by atoms with Crippen molar-refractivity contribution in [2.45, 2.75) is 39.3 Å². The summed E-state index contributed by atoms with van der Waals surface area (Å²) in [5.74, 6) is 0.0396. The van der Waals surface area contributed by atoms with E-state index in [0.717, 1.165) is 6.42 Å². The number of aliphatic hydroxyl groups is 1. The summed E-state index contributed by atoms with van der Waals surface area (Å²) in [4.78, 5) is 10.4. The smallest absolute Gasteiger partial charge is 0.302 e. The Morgan fingerprint density at radius 3 is 2.46 bits per heavy atom. The molecule has 0 aromatic heterocycles. The van der Waals surface area contributed by atoms with Gasteiger partial charge in [0.05, 0.1) is 0 Å². The molecule has 3 N–H and O–H groups in total. The number of aliphatic hydroxyl groups excluding tert-OH is 1. The third kappa shape index (κ3) is 6.54. The van der Waals surface area contributed by atoms with Gasteiger partial charge in [-0.1, -0.05) is 13.8 Å². The lowest BCUT2D eigenvalue weighted by Gasteiger charge is -2.19. The Hall–Kier alpha value is -0.610. The highest BCUT2D eigenvalue weighted by molar-refractivity contribution is 5.65. The molecule has 0 heterocycles. The third-order valence-electron chi connectivity index (χ3n) is 1.70. The maximum atomic E-state index is 10.4. The molecule has 0 spiro atoms. The first-order chi connectivity index (χ1) is 5.93. The van der Waals surface area contributed by atoms with E-state index < -0.39 is 12.1 Å². The highest BCUT2D eigenvalue weighted by atomic mass is 16.5. The van der Waals surface area contributed by atoms with Gasteiger partial charge in [0.25, 0.3) is 0 Å². The molecule has 2 atom stereocenters. The molecule has 0 aliphatic heterocycles. The molecule has 4 heteroatoms. The average Bonchev–Trinajstić information content (AvgIpc) is 1.98. The van der Waals surface area contributed by atoms with E-state index in [1.165, 1.54) is 6.92 Å². The van der Waals surface area contributed by atoms with E-state index in [-0.39, 0.29) is 12.6 Å². The first-order valence-electron chi connectivity index (χ1n) is 4.50. The molecular weight excluding hydrogens is 170 g/mol. The molecule has 0 rings (SSSR count). The fraction of sp³-hybridized carbons (Fsp3) is 0.889. The monoisotopic (exact) mass is 189 g/mol. The Bertz CT molecular complexity index is 159. The lowest BCUT2D eigenvalue weighted by atomic mass is 10.0. The van der Waals surface area contributed by atoms with Crippen LogP contribution in [0.2, 0.25) is 0 Å². The molecule has 0 radical (unpaired) electrons. The minimum absolute atomic E-state index is 0.0107. The number of carbonyl (C=O) groups is 1. The van der Waals surface area contributed by atoms with Crippen LogP contribution in [0.25, 0.3) is 0 Å². The number of carbonyl (C=O) groups excluding carboxylic acids is 1. The quantitative estimate of drug-likeness (QED) is 0.609. The fourth-order valence-electron chi connectivity index (χ4n) is 1.03. The van der Waals surface area contributed by atoms with Crippen LogP contribution in [-0.4, -0.2) is 29.8 Å². The normalized spacial score (nSPS) is 15.5. The summed E-state index contributed by atoms with van der Waals surface area (Å²) in [5.41, 5.74) is 5.66. The Kier molecular flexibility index (Phi) is 5.66. The van der Waals surface area contributed by atoms with Crippen molar-refractivity contribution in [1.29, 1.82) is 0 Å². The summed E-state index contributed by atoms with van der Waals surface area (Å²) in [5, 5.41) is 9.41. The van der Waals surface area contributed by atoms with Crippen molar-refractivity contribution in [3.63, 3.8) is 0 Å². The van der Waals surface area contributed by atoms with Gasteiger partial charge in [-0.05, 0) is 12.3 Å². The fourth-order valence-corrected chi connectivity index (χ4v) is 1.03. The molecule has 13 heavy (non-hydrogen) atoms. The first kappa shape index (κ1) is 12.4. The van der Waals surface area contributed by atoms with Crippen LogP contribution in [0.15, 0.2) is 0 Å². The van der Waals surface area contributed by atoms with E-state index in [4.69, 9.17) is 5.73 Å². The van der Waals surface area contributed by atoms with Crippen molar-refractivity contribution in [3.8, 4) is 0 Å². The summed E-state index contributed by atoms with van der Waals surface area (Å²) < 4.78 is 4.64. The van der Waals surface area contributed by atoms with Gasteiger partial charge in [0.15, 0.2) is 0 Å². The van der Waals surface area contributed by atoms with Crippen molar-refractivity contribution in [2.24, 2.45) is 11.7 Å². The molecule has 0 saturated carbocycles. The van der Waals surface area contributed by atoms with Crippen LogP contribution in [0.1, 0.15) is 27.2 Å². The number of hydrogen-bond acceptors (Lipinski definition) is 4. The molecule has 1 unspecified atom stereocenters. The van der Waals surface area contributed by atoms with Crippen molar-refractivity contribution < 1.29 is 14.6 Å². The molecule has 0 fully saturated rings. The highest BCUT2D eigenvalue weighted by Gasteiger charge is 2.16. The Labute approximate surface area is 79.1 Å². The standard InChI is InChI=1S/C9H19NO3/c1-6(2)4-8(10)9(12)5-13-7(3)11/h6,8-9,12H,4-5,10H2,1-3H3/t8-,9?/m0/s1. The summed E-state index contributed by atoms with van der Waals surface area (Å²) >= 11 is 0. The Balaban J connectivity index is 3.68. The van der Waals surface area contributed by atoms with Crippen LogP contribution in [0.5, 0.6) is 0 Å². The van der Waals surface area contributed by atoms with Crippen LogP contribution >= 0.6 is 0 Å². The average molecular weight is 189 g/mol. The molecule has 0 aromatic carbocycles. The number of esters is 1. The van der Waals surface area contributed by atoms with Gasteiger partial charge in [0.1, 0.15) is 12.7 Å². The van der Waals surface area contributed by atoms with Gasteiger partial charge in [-0.15, -0.1) is 0 Å². The van der Waals surface area contributed by atoms with E-state index in [2.05, 4.69) is 4.74 Å². The van der Waals surface area contributed by atoms with Crippen molar-refractivity contribution in [2.75, 3.05) is 6.61 Å². The Morgan fingerprint density at radius 1 is 1.54 bits per heavy atom. The van der Waals surface area contributed by atoms with Crippen LogP contribution in [-0.2, 0) is 9.53 Å². The molecular formula is C9H19NO3. The van der Waals surface area contributed by atoms with Gasteiger partial charge in [-0.25, -0.2) is 0 Å². The number of ether oxygens (including phenoxy) is 1. The molecule has 0 saturated heterocycles. The maximum absolute atomic E-state index is 10.4. The van der Waals surface area contributed by atoms with Crippen molar-refractivity contribution in [3.05, 3.63) is 0 Å². The zero-order valence-electron chi connectivity index (χ0n) is 8.49. The van der Waals surface area contributed by atoms with Crippen LogP contribution in [0.3, 0.4) is 0 Å². The molecule has 78 valence electrons. The lowest BCUT2D eigenvalue weighted by molar-refractivity contribution is -0.144. The topological polar surface area (TPSA) is 72.5 Å². The summed E-state index contributed by atoms with van der Waals surface area (Å²) in [7, 11) is 0. The summed E-state index contributed by atoms with van der Waals surface area (Å²) in [6, 6.07) is -0.320. The number of nitrogens with two attached hydrogens (primary N) is 1. The minimum Gasteiger partial charge on any atom is -0.463 e. The van der Waals surface area contributed by atoms with Gasteiger partial charge >= 0.3 is 5.97 Å². The third-order valence-corrected chi connectivity index (χ3v) is 1.70. The lowest BCUT2D eigenvalue weighted by Crippen LogP contribution is -2.39. The van der Waals surface area contributed by atoms with E-state index in [1.54, 1.807) is 0 Å². The zero-order valence-corrected chi connectivity index (χ0v) is 8.49. The predicted molar refractivity (Wildman–Crippen MR) is 50.1 cm³/mol. The molecule has 4 nitrogen and oxygen atoms in total. The van der Waals surface area contributed by atoms with Crippen molar-refractivity contribution in [1.82, 2.24) is 0 Å². The van der Waals surface area contributed by atoms with Gasteiger partial charge < -0.3 is 15.6 Å². The number of hydrogen-bond donors (Lipinski definition) is 2. The molecule has 0 amide bonds. The van der Waals surface area contributed by atoms with Gasteiger partial charge in [-0.3, -0.25) is 4.79 Å². The molecule has 0 aliphatic carbocycles. The summed E-state index contributed by atoms with van der Waals surface area (Å²) in [6.45, 7) is 5.35. The second-order valence-corrected chi connectivity index (χ2v) is 3.66. The zero-order chi connectivity index (χ0) is 10.4. The molecule has 0 aliphatic rings. The van der Waals surface area contributed by atoms with Gasteiger partial charge in [0, 0.05) is 13.0 Å². The van der Waals surface area contributed by atoms with Crippen LogP contribution in [0.4, 0.5) is 0 Å². The van der Waals surface area contributed by atoms with E-state index in [1.807, 2.05) is 13.8 Å².